The van der Waals surface area contributed by atoms with Crippen molar-refractivity contribution >= 4 is 22.6 Å². The standard InChI is InChI=1S/C18H27IN3/c19-14-10-5-3-1-2-4-6-11-15-21-16-20-22(17-21)18-12-8-7-9-13-18/h7-9,12-13,16-17H,1-6,10-11,14-15H2/q+1. The van der Waals surface area contributed by atoms with Crippen LogP contribution < -0.4 is 4.57 Å². The van der Waals surface area contributed by atoms with Crippen molar-refractivity contribution in [2.75, 3.05) is 4.43 Å². The maximum Gasteiger partial charge on any atom is 0.265 e. The third kappa shape index (κ3) is 6.46. The lowest BCUT2D eigenvalue weighted by Gasteiger charge is -2.01. The second-order valence-electron chi connectivity index (χ2n) is 5.78. The van der Waals surface area contributed by atoms with E-state index in [0.717, 1.165) is 12.2 Å². The van der Waals surface area contributed by atoms with Gasteiger partial charge in [-0.15, -0.1) is 0 Å². The lowest BCUT2D eigenvalue weighted by molar-refractivity contribution is -0.697. The number of unbranched alkanes of at least 4 members (excludes halogenated alkanes) is 7. The van der Waals surface area contributed by atoms with Crippen molar-refractivity contribution in [2.24, 2.45) is 0 Å². The van der Waals surface area contributed by atoms with E-state index in [0.29, 0.717) is 0 Å². The fourth-order valence-corrected chi connectivity index (χ4v) is 3.14. The molecule has 1 aromatic heterocycles. The molecule has 22 heavy (non-hydrogen) atoms. The molecule has 0 aliphatic heterocycles. The Labute approximate surface area is 147 Å². The van der Waals surface area contributed by atoms with Crippen LogP contribution in [0.3, 0.4) is 0 Å². The predicted octanol–water partition coefficient (Wildman–Crippen LogP) is 4.72. The molecule has 0 N–H and O–H groups in total. The van der Waals surface area contributed by atoms with E-state index in [4.69, 9.17) is 0 Å². The normalized spacial score (nSPS) is 11.0. The Balaban J connectivity index is 1.57. The maximum atomic E-state index is 4.42. The van der Waals surface area contributed by atoms with Gasteiger partial charge in [-0.05, 0) is 29.4 Å². The van der Waals surface area contributed by atoms with Gasteiger partial charge >= 0.3 is 0 Å². The third-order valence-corrected chi connectivity index (χ3v) is 4.67. The minimum Gasteiger partial charge on any atom is -0.237 e. The molecule has 0 aliphatic rings. The maximum absolute atomic E-state index is 4.42. The zero-order valence-corrected chi connectivity index (χ0v) is 15.5. The summed E-state index contributed by atoms with van der Waals surface area (Å²) in [5, 5.41) is 4.42. The molecular weight excluding hydrogens is 385 g/mol. The first-order valence-electron chi connectivity index (χ1n) is 8.45. The first-order valence-corrected chi connectivity index (χ1v) is 9.98. The Hall–Kier alpha value is -0.910. The average molecular weight is 412 g/mol. The van der Waals surface area contributed by atoms with Gasteiger partial charge in [-0.2, -0.15) is 0 Å². The van der Waals surface area contributed by atoms with Gasteiger partial charge in [0, 0.05) is 5.10 Å². The van der Waals surface area contributed by atoms with Crippen LogP contribution in [0.2, 0.25) is 0 Å². The van der Waals surface area contributed by atoms with Gasteiger partial charge in [0.25, 0.3) is 6.33 Å². The summed E-state index contributed by atoms with van der Waals surface area (Å²) in [6.07, 6.45) is 15.0. The molecule has 0 saturated heterocycles. The van der Waals surface area contributed by atoms with Crippen LogP contribution in [-0.2, 0) is 6.54 Å². The smallest absolute Gasteiger partial charge is 0.237 e. The molecule has 1 heterocycles. The molecule has 0 radical (unpaired) electrons. The molecular formula is C18H27IN3+. The molecule has 1 aromatic carbocycles. The second kappa shape index (κ2) is 10.8. The summed E-state index contributed by atoms with van der Waals surface area (Å²) in [6, 6.07) is 10.3. The highest BCUT2D eigenvalue weighted by molar-refractivity contribution is 14.1. The Morgan fingerprint density at radius 1 is 0.864 bits per heavy atom. The number of hydrogen-bond acceptors (Lipinski definition) is 1. The molecule has 0 unspecified atom stereocenters. The topological polar surface area (TPSA) is 21.7 Å². The van der Waals surface area contributed by atoms with Gasteiger partial charge in [-0.1, -0.05) is 84.0 Å². The monoisotopic (exact) mass is 412 g/mol. The number of halogens is 1. The van der Waals surface area contributed by atoms with Gasteiger partial charge in [-0.3, -0.25) is 0 Å². The number of para-hydroxylation sites is 1. The van der Waals surface area contributed by atoms with E-state index in [-0.39, 0.29) is 0 Å². The highest BCUT2D eigenvalue weighted by Crippen LogP contribution is 2.09. The molecule has 2 aromatic rings. The minimum atomic E-state index is 1.07. The molecule has 0 atom stereocenters. The first kappa shape index (κ1) is 17.4. The average Bonchev–Trinajstić information content (AvgIpc) is 3.03. The summed E-state index contributed by atoms with van der Waals surface area (Å²) in [4.78, 5) is 0. The van der Waals surface area contributed by atoms with Gasteiger partial charge in [0.1, 0.15) is 5.69 Å². The summed E-state index contributed by atoms with van der Waals surface area (Å²) in [5.41, 5.74) is 1.12. The summed E-state index contributed by atoms with van der Waals surface area (Å²) in [5.74, 6) is 0. The van der Waals surface area contributed by atoms with Gasteiger partial charge in [0.15, 0.2) is 0 Å². The fourth-order valence-electron chi connectivity index (χ4n) is 2.60. The second-order valence-corrected chi connectivity index (χ2v) is 6.86. The van der Waals surface area contributed by atoms with E-state index < -0.39 is 0 Å². The molecule has 0 aliphatic carbocycles. The number of aromatic nitrogens is 3. The van der Waals surface area contributed by atoms with Crippen molar-refractivity contribution in [3.05, 3.63) is 43.0 Å². The van der Waals surface area contributed by atoms with Crippen molar-refractivity contribution < 1.29 is 4.57 Å². The summed E-state index contributed by atoms with van der Waals surface area (Å²) >= 11 is 2.47. The Bertz CT molecular complexity index is 510. The van der Waals surface area contributed by atoms with Crippen LogP contribution in [0.5, 0.6) is 0 Å². The van der Waals surface area contributed by atoms with Crippen molar-refractivity contribution in [3.8, 4) is 5.69 Å². The molecule has 0 fully saturated rings. The molecule has 120 valence electrons. The van der Waals surface area contributed by atoms with Crippen LogP contribution in [0, 0.1) is 0 Å². The molecule has 3 nitrogen and oxygen atoms in total. The van der Waals surface area contributed by atoms with Crippen LogP contribution >= 0.6 is 22.6 Å². The van der Waals surface area contributed by atoms with Gasteiger partial charge in [0.2, 0.25) is 6.33 Å². The lowest BCUT2D eigenvalue weighted by Crippen LogP contribution is -2.30. The van der Waals surface area contributed by atoms with Crippen molar-refractivity contribution in [3.63, 3.8) is 0 Å². The fraction of sp³-hybridized carbons (Fsp3) is 0.556. The van der Waals surface area contributed by atoms with E-state index in [2.05, 4.69) is 50.7 Å². The number of rotatable bonds is 11. The number of nitrogens with zero attached hydrogens (tertiary/aromatic N) is 3. The Kier molecular flexibility index (Phi) is 8.53. The summed E-state index contributed by atoms with van der Waals surface area (Å²) in [7, 11) is 0. The lowest BCUT2D eigenvalue weighted by atomic mass is 10.1. The van der Waals surface area contributed by atoms with Crippen molar-refractivity contribution in [2.45, 2.75) is 57.9 Å². The quantitative estimate of drug-likeness (QED) is 0.227. The number of benzene rings is 1. The molecule has 0 amide bonds. The zero-order chi connectivity index (χ0) is 15.5. The van der Waals surface area contributed by atoms with Crippen LogP contribution in [-0.4, -0.2) is 14.2 Å². The van der Waals surface area contributed by atoms with E-state index in [1.54, 1.807) is 0 Å². The third-order valence-electron chi connectivity index (χ3n) is 3.90. The Morgan fingerprint density at radius 2 is 1.50 bits per heavy atom. The Morgan fingerprint density at radius 3 is 2.18 bits per heavy atom. The minimum absolute atomic E-state index is 1.07. The SMILES string of the molecule is ICCCCCCCCCC[n+]1cnn(-c2ccccc2)c1. The van der Waals surface area contributed by atoms with E-state index >= 15 is 0 Å². The summed E-state index contributed by atoms with van der Waals surface area (Å²) < 4.78 is 5.44. The molecule has 4 heteroatoms. The van der Waals surface area contributed by atoms with Gasteiger partial charge in [0.05, 0.1) is 6.54 Å². The molecule has 2 rings (SSSR count). The van der Waals surface area contributed by atoms with Crippen LogP contribution in [0.25, 0.3) is 5.69 Å². The molecule has 0 saturated carbocycles. The van der Waals surface area contributed by atoms with Gasteiger partial charge in [-0.25, -0.2) is 4.57 Å². The van der Waals surface area contributed by atoms with Gasteiger partial charge < -0.3 is 0 Å². The largest absolute Gasteiger partial charge is 0.265 e. The number of alkyl halides is 1. The predicted molar refractivity (Wildman–Crippen MR) is 99.6 cm³/mol. The zero-order valence-electron chi connectivity index (χ0n) is 13.3. The van der Waals surface area contributed by atoms with Crippen LogP contribution in [0.4, 0.5) is 0 Å². The highest BCUT2D eigenvalue weighted by atomic mass is 127. The first-order chi connectivity index (χ1) is 10.9. The molecule has 0 bridgehead atoms. The van der Waals surface area contributed by atoms with Crippen molar-refractivity contribution in [1.82, 2.24) is 9.78 Å². The van der Waals surface area contributed by atoms with E-state index in [9.17, 15) is 0 Å². The number of hydrogen-bond donors (Lipinski definition) is 0. The highest BCUT2D eigenvalue weighted by Gasteiger charge is 2.07. The van der Waals surface area contributed by atoms with E-state index in [1.807, 2.05) is 29.2 Å². The number of aryl methyl sites for hydroxylation is 1. The summed E-state index contributed by atoms with van der Waals surface area (Å²) in [6.45, 7) is 1.07. The van der Waals surface area contributed by atoms with Crippen molar-refractivity contribution in [1.29, 1.82) is 0 Å². The van der Waals surface area contributed by atoms with Crippen LogP contribution in [0.15, 0.2) is 43.0 Å². The molecule has 0 spiro atoms. The van der Waals surface area contributed by atoms with E-state index in [1.165, 1.54) is 55.8 Å². The van der Waals surface area contributed by atoms with Crippen LogP contribution in [0.1, 0.15) is 51.4 Å².